The van der Waals surface area contributed by atoms with Crippen molar-refractivity contribution >= 4 is 58.1 Å². The maximum Gasteiger partial charge on any atom is 0.188 e. The molecule has 0 saturated carbocycles. The van der Waals surface area contributed by atoms with Crippen molar-refractivity contribution < 1.29 is 4.74 Å². The largest absolute Gasteiger partial charge is 0.453 e. The van der Waals surface area contributed by atoms with Crippen LogP contribution in [0.1, 0.15) is 5.69 Å². The normalized spacial score (nSPS) is 10.3. The van der Waals surface area contributed by atoms with Crippen LogP contribution < -0.4 is 10.1 Å². The minimum atomic E-state index is 0. The van der Waals surface area contributed by atoms with Gasteiger partial charge in [-0.1, -0.05) is 53.7 Å². The number of ether oxygens (including phenoxy) is 1. The topological polar surface area (TPSA) is 47.0 Å². The van der Waals surface area contributed by atoms with E-state index in [0.29, 0.717) is 16.6 Å². The van der Waals surface area contributed by atoms with Gasteiger partial charge in [-0.3, -0.25) is 0 Å². The van der Waals surface area contributed by atoms with Crippen molar-refractivity contribution in [2.75, 3.05) is 5.32 Å². The molecule has 0 radical (unpaired) electrons. The summed E-state index contributed by atoms with van der Waals surface area (Å²) in [5.41, 5.74) is 0.962. The molecule has 2 heterocycles. The number of aryl methyl sites for hydroxylation is 1. The Hall–Kier alpha value is -2.25. The molecule has 4 nitrogen and oxygen atoms in total. The number of benzene rings is 2. The minimum absolute atomic E-state index is 0. The number of para-hydroxylation sites is 1. The van der Waals surface area contributed by atoms with Crippen molar-refractivity contribution in [1.82, 2.24) is 9.97 Å². The SMILES string of the molecule is Cc1csc(Nc2ncc(Sc3ccccc3Cl)cc2Oc2ccccc2)n1.Cl. The molecule has 0 amide bonds. The molecule has 2 aromatic carbocycles. The second-order valence-electron chi connectivity index (χ2n) is 5.88. The van der Waals surface area contributed by atoms with Gasteiger partial charge >= 0.3 is 0 Å². The van der Waals surface area contributed by atoms with Crippen LogP contribution in [0.2, 0.25) is 5.02 Å². The van der Waals surface area contributed by atoms with Crippen LogP contribution >= 0.6 is 47.1 Å². The average molecular weight is 462 g/mol. The number of rotatable bonds is 6. The van der Waals surface area contributed by atoms with Crippen LogP contribution in [-0.2, 0) is 0 Å². The van der Waals surface area contributed by atoms with E-state index in [9.17, 15) is 0 Å². The maximum absolute atomic E-state index is 6.29. The minimum Gasteiger partial charge on any atom is -0.453 e. The summed E-state index contributed by atoms with van der Waals surface area (Å²) in [5.74, 6) is 1.97. The monoisotopic (exact) mass is 461 g/mol. The van der Waals surface area contributed by atoms with E-state index in [1.165, 1.54) is 11.3 Å². The molecule has 0 spiro atoms. The molecular weight excluding hydrogens is 445 g/mol. The van der Waals surface area contributed by atoms with Gasteiger partial charge in [0, 0.05) is 27.4 Å². The van der Waals surface area contributed by atoms with Gasteiger partial charge in [-0.05, 0) is 31.2 Å². The lowest BCUT2D eigenvalue weighted by Gasteiger charge is -2.13. The summed E-state index contributed by atoms with van der Waals surface area (Å²) in [4.78, 5) is 10.9. The Morgan fingerprint density at radius 3 is 2.55 bits per heavy atom. The van der Waals surface area contributed by atoms with Crippen LogP contribution in [0.15, 0.2) is 82.0 Å². The zero-order chi connectivity index (χ0) is 19.3. The molecule has 0 saturated heterocycles. The van der Waals surface area contributed by atoms with Crippen LogP contribution in [0.25, 0.3) is 0 Å². The second kappa shape index (κ2) is 9.98. The number of anilines is 2. The van der Waals surface area contributed by atoms with E-state index in [-0.39, 0.29) is 12.4 Å². The zero-order valence-corrected chi connectivity index (χ0v) is 18.5. The van der Waals surface area contributed by atoms with Gasteiger partial charge in [0.2, 0.25) is 0 Å². The summed E-state index contributed by atoms with van der Waals surface area (Å²) in [6.07, 6.45) is 1.80. The van der Waals surface area contributed by atoms with Crippen LogP contribution in [0.5, 0.6) is 11.5 Å². The average Bonchev–Trinajstić information content (AvgIpc) is 3.11. The van der Waals surface area contributed by atoms with Crippen molar-refractivity contribution in [2.24, 2.45) is 0 Å². The summed E-state index contributed by atoms with van der Waals surface area (Å²) >= 11 is 9.36. The fourth-order valence-corrected chi connectivity index (χ4v) is 4.21. The van der Waals surface area contributed by atoms with E-state index in [1.807, 2.05) is 73.0 Å². The first kappa shape index (κ1) is 21.5. The first-order chi connectivity index (χ1) is 13.7. The number of thiazole rings is 1. The fourth-order valence-electron chi connectivity index (χ4n) is 2.44. The van der Waals surface area contributed by atoms with E-state index in [0.717, 1.165) is 26.4 Å². The van der Waals surface area contributed by atoms with Crippen molar-refractivity contribution in [2.45, 2.75) is 16.7 Å². The van der Waals surface area contributed by atoms with Gasteiger partial charge in [0.25, 0.3) is 0 Å². The first-order valence-corrected chi connectivity index (χ1v) is 10.6. The van der Waals surface area contributed by atoms with E-state index in [4.69, 9.17) is 16.3 Å². The quantitative estimate of drug-likeness (QED) is 0.320. The molecule has 0 aliphatic heterocycles. The Morgan fingerprint density at radius 1 is 1.07 bits per heavy atom. The summed E-state index contributed by atoms with van der Waals surface area (Å²) in [6, 6.07) is 19.3. The van der Waals surface area contributed by atoms with E-state index in [1.54, 1.807) is 18.0 Å². The molecule has 148 valence electrons. The Balaban J connectivity index is 0.00000240. The molecule has 0 aliphatic carbocycles. The number of nitrogens with zero attached hydrogens (tertiary/aromatic N) is 2. The fraction of sp³-hybridized carbons (Fsp3) is 0.0476. The van der Waals surface area contributed by atoms with E-state index >= 15 is 0 Å². The van der Waals surface area contributed by atoms with Crippen LogP contribution in [0.3, 0.4) is 0 Å². The highest BCUT2D eigenvalue weighted by Crippen LogP contribution is 2.38. The van der Waals surface area contributed by atoms with Crippen molar-refractivity contribution in [1.29, 1.82) is 0 Å². The molecule has 0 unspecified atom stereocenters. The van der Waals surface area contributed by atoms with Crippen LogP contribution in [-0.4, -0.2) is 9.97 Å². The van der Waals surface area contributed by atoms with Gasteiger partial charge in [-0.2, -0.15) is 0 Å². The molecule has 4 rings (SSSR count). The number of pyridine rings is 1. The van der Waals surface area contributed by atoms with Crippen LogP contribution in [0.4, 0.5) is 10.9 Å². The van der Waals surface area contributed by atoms with Crippen molar-refractivity contribution in [3.8, 4) is 11.5 Å². The van der Waals surface area contributed by atoms with Gasteiger partial charge < -0.3 is 10.1 Å². The zero-order valence-electron chi connectivity index (χ0n) is 15.3. The number of nitrogens with one attached hydrogen (secondary N) is 1. The lowest BCUT2D eigenvalue weighted by atomic mass is 10.3. The molecule has 0 bridgehead atoms. The lowest BCUT2D eigenvalue weighted by molar-refractivity contribution is 0.481. The lowest BCUT2D eigenvalue weighted by Crippen LogP contribution is -1.97. The summed E-state index contributed by atoms with van der Waals surface area (Å²) in [7, 11) is 0. The number of aromatic nitrogens is 2. The molecule has 4 aromatic rings. The molecule has 0 fully saturated rings. The highest BCUT2D eigenvalue weighted by molar-refractivity contribution is 7.99. The Bertz CT molecular complexity index is 1090. The predicted octanol–water partition coefficient (Wildman–Crippen LogP) is 7.61. The number of hydrogen-bond donors (Lipinski definition) is 1. The molecule has 1 N–H and O–H groups in total. The third-order valence-electron chi connectivity index (χ3n) is 3.71. The van der Waals surface area contributed by atoms with Gasteiger partial charge in [0.15, 0.2) is 16.7 Å². The summed E-state index contributed by atoms with van der Waals surface area (Å²) in [6.45, 7) is 1.96. The van der Waals surface area contributed by atoms with Gasteiger partial charge in [0.1, 0.15) is 5.75 Å². The first-order valence-electron chi connectivity index (χ1n) is 8.52. The standard InChI is InChI=1S/C21H16ClN3OS2.ClH/c1-14-13-27-21(24-14)25-20-18(26-15-7-3-2-4-8-15)11-16(12-23-20)28-19-10-6-5-9-17(19)22;/h2-13H,1H3,(H,23,24,25);1H. The van der Waals surface area contributed by atoms with E-state index < -0.39 is 0 Å². The molecule has 29 heavy (non-hydrogen) atoms. The summed E-state index contributed by atoms with van der Waals surface area (Å²) in [5, 5.41) is 6.72. The predicted molar refractivity (Wildman–Crippen MR) is 124 cm³/mol. The summed E-state index contributed by atoms with van der Waals surface area (Å²) < 4.78 is 6.10. The highest BCUT2D eigenvalue weighted by Gasteiger charge is 2.12. The van der Waals surface area contributed by atoms with Gasteiger partial charge in [-0.15, -0.1) is 23.7 Å². The maximum atomic E-state index is 6.29. The van der Waals surface area contributed by atoms with Gasteiger partial charge in [-0.25, -0.2) is 9.97 Å². The third-order valence-corrected chi connectivity index (χ3v) is 6.06. The highest BCUT2D eigenvalue weighted by atomic mass is 35.5. The molecular formula is C21H17Cl2N3OS2. The van der Waals surface area contributed by atoms with E-state index in [2.05, 4.69) is 15.3 Å². The second-order valence-corrected chi connectivity index (χ2v) is 8.27. The molecule has 8 heteroatoms. The number of halogens is 2. The van der Waals surface area contributed by atoms with Crippen LogP contribution in [0, 0.1) is 6.92 Å². The Morgan fingerprint density at radius 2 is 1.83 bits per heavy atom. The molecule has 0 atom stereocenters. The molecule has 0 aliphatic rings. The van der Waals surface area contributed by atoms with Gasteiger partial charge in [0.05, 0.1) is 10.7 Å². The van der Waals surface area contributed by atoms with Crippen molar-refractivity contribution in [3.63, 3.8) is 0 Å². The Labute approximate surface area is 188 Å². The van der Waals surface area contributed by atoms with Crippen molar-refractivity contribution in [3.05, 3.63) is 83.0 Å². The molecule has 2 aromatic heterocycles. The Kier molecular flexibility index (Phi) is 7.39. The third kappa shape index (κ3) is 5.64. The smallest absolute Gasteiger partial charge is 0.188 e. The number of hydrogen-bond acceptors (Lipinski definition) is 6.